The number of hydrogen-bond acceptors (Lipinski definition) is 2. The molecule has 1 aliphatic heterocycles. The zero-order valence-corrected chi connectivity index (χ0v) is 13.0. The first-order chi connectivity index (χ1) is 9.74. The van der Waals surface area contributed by atoms with Crippen LogP contribution in [0.3, 0.4) is 0 Å². The monoisotopic (exact) mass is 303 g/mol. The van der Waals surface area contributed by atoms with Crippen molar-refractivity contribution in [3.63, 3.8) is 0 Å². The number of nitrogens with one attached hydrogen (secondary N) is 1. The predicted molar refractivity (Wildman–Crippen MR) is 88.3 cm³/mol. The lowest BCUT2D eigenvalue weighted by molar-refractivity contribution is 0.496. The highest BCUT2D eigenvalue weighted by Crippen LogP contribution is 2.33. The minimum absolute atomic E-state index is 0.297. The normalized spacial score (nSPS) is 19.4. The first-order valence-electron chi connectivity index (χ1n) is 6.91. The van der Waals surface area contributed by atoms with E-state index in [-0.39, 0.29) is 0 Å². The maximum Gasteiger partial charge on any atom is 0.0419 e. The number of hydrogen-bond donors (Lipinski definition) is 1. The van der Waals surface area contributed by atoms with Gasteiger partial charge in [-0.15, -0.1) is 0 Å². The summed E-state index contributed by atoms with van der Waals surface area (Å²) in [5.41, 5.74) is 4.14. The van der Waals surface area contributed by atoms with Crippen molar-refractivity contribution in [3.8, 4) is 0 Å². The lowest BCUT2D eigenvalue weighted by atomic mass is 10.00. The van der Waals surface area contributed by atoms with Gasteiger partial charge in [0.15, 0.2) is 0 Å². The van der Waals surface area contributed by atoms with E-state index < -0.39 is 0 Å². The van der Waals surface area contributed by atoms with Gasteiger partial charge in [0.1, 0.15) is 0 Å². The second-order valence-corrected chi connectivity index (χ2v) is 6.68. The first-order valence-corrected chi connectivity index (χ1v) is 8.44. The van der Waals surface area contributed by atoms with Crippen LogP contribution in [0.2, 0.25) is 5.02 Å². The van der Waals surface area contributed by atoms with E-state index in [0.717, 1.165) is 16.5 Å². The molecule has 0 aromatic heterocycles. The van der Waals surface area contributed by atoms with E-state index in [9.17, 15) is 0 Å². The molecule has 0 aliphatic carbocycles. The number of benzene rings is 2. The quantitative estimate of drug-likeness (QED) is 0.858. The van der Waals surface area contributed by atoms with Gasteiger partial charge in [0.25, 0.3) is 0 Å². The molecule has 3 rings (SSSR count). The van der Waals surface area contributed by atoms with Gasteiger partial charge in [-0.2, -0.15) is 11.8 Å². The highest BCUT2D eigenvalue weighted by molar-refractivity contribution is 7.98. The van der Waals surface area contributed by atoms with Crippen molar-refractivity contribution in [2.24, 2.45) is 0 Å². The molecule has 2 atom stereocenters. The number of fused-ring (bicyclic) bond motifs is 1. The summed E-state index contributed by atoms with van der Waals surface area (Å²) in [6, 6.07) is 17.6. The van der Waals surface area contributed by atoms with Crippen LogP contribution < -0.4 is 5.32 Å². The van der Waals surface area contributed by atoms with Crippen molar-refractivity contribution in [1.82, 2.24) is 5.32 Å². The smallest absolute Gasteiger partial charge is 0.0419 e. The van der Waals surface area contributed by atoms with Gasteiger partial charge in [-0.05, 0) is 35.7 Å². The molecule has 0 saturated heterocycles. The molecule has 1 heterocycles. The molecule has 1 aliphatic rings. The molecule has 1 nitrogen and oxygen atoms in total. The molecule has 3 heteroatoms. The Kier molecular flexibility index (Phi) is 4.35. The zero-order valence-electron chi connectivity index (χ0n) is 11.5. The van der Waals surface area contributed by atoms with Crippen LogP contribution in [0.4, 0.5) is 0 Å². The Labute approximate surface area is 129 Å². The fourth-order valence-corrected chi connectivity index (χ4v) is 4.00. The third-order valence-electron chi connectivity index (χ3n) is 3.77. The highest BCUT2D eigenvalue weighted by atomic mass is 35.5. The maximum atomic E-state index is 6.08. The Morgan fingerprint density at radius 1 is 1.20 bits per heavy atom. The van der Waals surface area contributed by atoms with Crippen molar-refractivity contribution in [3.05, 3.63) is 70.2 Å². The SMILES string of the molecule is C[C@H](NC1CSCc2ccccc21)c1cccc(Cl)c1. The molecule has 0 radical (unpaired) electrons. The third kappa shape index (κ3) is 3.03. The average Bonchev–Trinajstić information content (AvgIpc) is 2.47. The molecule has 104 valence electrons. The van der Waals surface area contributed by atoms with Gasteiger partial charge >= 0.3 is 0 Å². The fourth-order valence-electron chi connectivity index (χ4n) is 2.69. The Bertz CT molecular complexity index is 599. The molecule has 0 amide bonds. The summed E-state index contributed by atoms with van der Waals surface area (Å²) in [7, 11) is 0. The van der Waals surface area contributed by atoms with Crippen LogP contribution in [0.1, 0.15) is 35.7 Å². The third-order valence-corrected chi connectivity index (χ3v) is 5.09. The topological polar surface area (TPSA) is 12.0 Å². The Morgan fingerprint density at radius 3 is 2.90 bits per heavy atom. The van der Waals surface area contributed by atoms with Crippen LogP contribution in [0.15, 0.2) is 48.5 Å². The van der Waals surface area contributed by atoms with E-state index in [1.54, 1.807) is 0 Å². The van der Waals surface area contributed by atoms with Crippen LogP contribution in [-0.4, -0.2) is 5.75 Å². The van der Waals surface area contributed by atoms with Crippen LogP contribution in [-0.2, 0) is 5.75 Å². The van der Waals surface area contributed by atoms with Crippen LogP contribution in [0.5, 0.6) is 0 Å². The second-order valence-electron chi connectivity index (χ2n) is 5.21. The largest absolute Gasteiger partial charge is 0.303 e. The van der Waals surface area contributed by atoms with Crippen molar-refractivity contribution >= 4 is 23.4 Å². The minimum Gasteiger partial charge on any atom is -0.303 e. The fraction of sp³-hybridized carbons (Fsp3) is 0.294. The lowest BCUT2D eigenvalue weighted by Gasteiger charge is -2.29. The van der Waals surface area contributed by atoms with E-state index in [2.05, 4.69) is 42.6 Å². The summed E-state index contributed by atoms with van der Waals surface area (Å²) in [5, 5.41) is 4.54. The van der Waals surface area contributed by atoms with Gasteiger partial charge in [0.05, 0.1) is 0 Å². The highest BCUT2D eigenvalue weighted by Gasteiger charge is 2.21. The van der Waals surface area contributed by atoms with Gasteiger partial charge in [0, 0.05) is 28.6 Å². The summed E-state index contributed by atoms with van der Waals surface area (Å²) in [4.78, 5) is 0. The van der Waals surface area contributed by atoms with Gasteiger partial charge < -0.3 is 5.32 Å². The lowest BCUT2D eigenvalue weighted by Crippen LogP contribution is -2.29. The minimum atomic E-state index is 0.297. The molecule has 0 fully saturated rings. The number of rotatable bonds is 3. The molecule has 0 spiro atoms. The van der Waals surface area contributed by atoms with Crippen molar-refractivity contribution in [2.75, 3.05) is 5.75 Å². The molecule has 0 bridgehead atoms. The van der Waals surface area contributed by atoms with E-state index in [0.29, 0.717) is 12.1 Å². The molecule has 2 aromatic rings. The van der Waals surface area contributed by atoms with Crippen molar-refractivity contribution in [2.45, 2.75) is 24.8 Å². The van der Waals surface area contributed by atoms with E-state index >= 15 is 0 Å². The van der Waals surface area contributed by atoms with Gasteiger partial charge in [-0.1, -0.05) is 48.0 Å². The van der Waals surface area contributed by atoms with Crippen molar-refractivity contribution < 1.29 is 0 Å². The molecule has 0 saturated carbocycles. The summed E-state index contributed by atoms with van der Waals surface area (Å²) < 4.78 is 0. The zero-order chi connectivity index (χ0) is 13.9. The molecule has 1 N–H and O–H groups in total. The Morgan fingerprint density at radius 2 is 2.05 bits per heavy atom. The summed E-state index contributed by atoms with van der Waals surface area (Å²) >= 11 is 8.08. The van der Waals surface area contributed by atoms with Gasteiger partial charge in [-0.25, -0.2) is 0 Å². The Hall–Kier alpha value is -0.960. The van der Waals surface area contributed by atoms with E-state index in [4.69, 9.17) is 11.6 Å². The van der Waals surface area contributed by atoms with Crippen LogP contribution in [0.25, 0.3) is 0 Å². The second kappa shape index (κ2) is 6.21. The van der Waals surface area contributed by atoms with Crippen LogP contribution in [0, 0.1) is 0 Å². The molecule has 1 unspecified atom stereocenters. The average molecular weight is 304 g/mol. The molecule has 20 heavy (non-hydrogen) atoms. The van der Waals surface area contributed by atoms with Gasteiger partial charge in [0.2, 0.25) is 0 Å². The van der Waals surface area contributed by atoms with Crippen molar-refractivity contribution in [1.29, 1.82) is 0 Å². The maximum absolute atomic E-state index is 6.08. The predicted octanol–water partition coefficient (Wildman–Crippen LogP) is 4.98. The van der Waals surface area contributed by atoms with E-state index in [1.165, 1.54) is 16.7 Å². The molecule has 2 aromatic carbocycles. The summed E-state index contributed by atoms with van der Waals surface area (Å²) in [5.74, 6) is 2.25. The van der Waals surface area contributed by atoms with Gasteiger partial charge in [-0.3, -0.25) is 0 Å². The summed E-state index contributed by atoms with van der Waals surface area (Å²) in [6.07, 6.45) is 0. The standard InChI is InChI=1S/C17H18ClNS/c1-12(13-6-4-7-15(18)9-13)19-17-11-20-10-14-5-2-3-8-16(14)17/h2-9,12,17,19H,10-11H2,1H3/t12-,17?/m0/s1. The summed E-state index contributed by atoms with van der Waals surface area (Å²) in [6.45, 7) is 2.20. The van der Waals surface area contributed by atoms with Crippen LogP contribution >= 0.6 is 23.4 Å². The number of thioether (sulfide) groups is 1. The molecular formula is C17H18ClNS. The first kappa shape index (κ1) is 14.0. The molecular weight excluding hydrogens is 286 g/mol. The Balaban J connectivity index is 1.79. The van der Waals surface area contributed by atoms with E-state index in [1.807, 2.05) is 30.0 Å². The number of halogens is 1.